The second kappa shape index (κ2) is 4.33. The molecule has 15 heavy (non-hydrogen) atoms. The van der Waals surface area contributed by atoms with Crippen molar-refractivity contribution in [3.05, 3.63) is 35.7 Å². The minimum atomic E-state index is 0.579. The van der Waals surface area contributed by atoms with Crippen molar-refractivity contribution in [2.75, 3.05) is 0 Å². The third kappa shape index (κ3) is 2.28. The lowest BCUT2D eigenvalue weighted by Crippen LogP contribution is -2.25. The molecule has 1 N–H and O–H groups in total. The second-order valence-electron chi connectivity index (χ2n) is 3.98. The largest absolute Gasteiger partial charge is 0.342 e. The van der Waals surface area contributed by atoms with E-state index in [-0.39, 0.29) is 0 Å². The zero-order valence-electron chi connectivity index (χ0n) is 8.90. The lowest BCUT2D eigenvalue weighted by Gasteiger charge is -2.10. The average molecular weight is 201 g/mol. The summed E-state index contributed by atoms with van der Waals surface area (Å²) in [7, 11) is 1.90. The number of hydrogen-bond acceptors (Lipinski definition) is 2. The summed E-state index contributed by atoms with van der Waals surface area (Å²) >= 11 is 0. The van der Waals surface area contributed by atoms with Gasteiger partial charge in [-0.1, -0.05) is 12.2 Å². The maximum atomic E-state index is 8.81. The molecule has 3 heteroatoms. The number of aromatic nitrogens is 1. The van der Waals surface area contributed by atoms with Gasteiger partial charge in [-0.25, -0.2) is 0 Å². The van der Waals surface area contributed by atoms with Crippen LogP contribution < -0.4 is 5.32 Å². The van der Waals surface area contributed by atoms with Crippen molar-refractivity contribution in [1.82, 2.24) is 9.88 Å². The Morgan fingerprint density at radius 3 is 2.87 bits per heavy atom. The zero-order chi connectivity index (χ0) is 10.7. The van der Waals surface area contributed by atoms with E-state index in [1.165, 1.54) is 5.56 Å². The first kappa shape index (κ1) is 10.0. The van der Waals surface area contributed by atoms with Crippen LogP contribution in [0.2, 0.25) is 0 Å². The van der Waals surface area contributed by atoms with Crippen LogP contribution in [0.3, 0.4) is 0 Å². The Morgan fingerprint density at radius 2 is 2.27 bits per heavy atom. The third-order valence-electron chi connectivity index (χ3n) is 2.78. The van der Waals surface area contributed by atoms with Gasteiger partial charge in [0.15, 0.2) is 0 Å². The molecule has 1 aliphatic carbocycles. The summed E-state index contributed by atoms with van der Waals surface area (Å²) < 4.78 is 1.86. The van der Waals surface area contributed by atoms with Crippen LogP contribution in [0.1, 0.15) is 24.1 Å². The zero-order valence-corrected chi connectivity index (χ0v) is 8.90. The molecule has 78 valence electrons. The number of rotatable bonds is 3. The molecule has 1 aromatic heterocycles. The Hall–Kier alpha value is -1.53. The molecule has 1 heterocycles. The molecule has 0 amide bonds. The molecule has 0 saturated carbocycles. The van der Waals surface area contributed by atoms with Gasteiger partial charge in [-0.15, -0.1) is 0 Å². The van der Waals surface area contributed by atoms with E-state index < -0.39 is 0 Å². The maximum absolute atomic E-state index is 8.81. The van der Waals surface area contributed by atoms with Gasteiger partial charge < -0.3 is 9.88 Å². The lowest BCUT2D eigenvalue weighted by molar-refractivity contribution is 0.538. The van der Waals surface area contributed by atoms with E-state index >= 15 is 0 Å². The number of aryl methyl sites for hydroxylation is 1. The van der Waals surface area contributed by atoms with E-state index in [1.54, 1.807) is 0 Å². The fraction of sp³-hybridized carbons (Fsp3) is 0.417. The quantitative estimate of drug-likeness (QED) is 0.756. The monoisotopic (exact) mass is 201 g/mol. The highest BCUT2D eigenvalue weighted by atomic mass is 14.9. The van der Waals surface area contributed by atoms with Crippen LogP contribution in [-0.4, -0.2) is 10.6 Å². The number of nitrogens with one attached hydrogen (secondary N) is 1. The SMILES string of the molecule is Cn1cc(CNC2CC=CC2)cc1C#N. The first-order valence-corrected chi connectivity index (χ1v) is 5.23. The highest BCUT2D eigenvalue weighted by molar-refractivity contribution is 5.28. The minimum Gasteiger partial charge on any atom is -0.342 e. The summed E-state index contributed by atoms with van der Waals surface area (Å²) in [6, 6.07) is 4.69. The Bertz CT molecular complexity index is 401. The smallest absolute Gasteiger partial charge is 0.120 e. The lowest BCUT2D eigenvalue weighted by atomic mass is 10.2. The van der Waals surface area contributed by atoms with Gasteiger partial charge in [-0.3, -0.25) is 0 Å². The van der Waals surface area contributed by atoms with Crippen molar-refractivity contribution >= 4 is 0 Å². The van der Waals surface area contributed by atoms with Crippen LogP contribution in [0.25, 0.3) is 0 Å². The van der Waals surface area contributed by atoms with Crippen molar-refractivity contribution in [3.63, 3.8) is 0 Å². The summed E-state index contributed by atoms with van der Waals surface area (Å²) in [5, 5.41) is 12.3. The Kier molecular flexibility index (Phi) is 2.89. The van der Waals surface area contributed by atoms with Gasteiger partial charge in [0.2, 0.25) is 0 Å². The van der Waals surface area contributed by atoms with E-state index in [9.17, 15) is 0 Å². The summed E-state index contributed by atoms with van der Waals surface area (Å²) in [6.45, 7) is 0.849. The highest BCUT2D eigenvalue weighted by Crippen LogP contribution is 2.11. The Labute approximate surface area is 90.0 Å². The molecule has 0 bridgehead atoms. The molecule has 0 unspecified atom stereocenters. The van der Waals surface area contributed by atoms with Crippen LogP contribution in [0.5, 0.6) is 0 Å². The molecule has 0 fully saturated rings. The second-order valence-corrected chi connectivity index (χ2v) is 3.98. The van der Waals surface area contributed by atoms with Gasteiger partial charge in [-0.2, -0.15) is 5.26 Å². The number of nitrogens with zero attached hydrogens (tertiary/aromatic N) is 2. The van der Waals surface area contributed by atoms with Crippen molar-refractivity contribution < 1.29 is 0 Å². The predicted octanol–water partition coefficient (Wildman–Crippen LogP) is 1.70. The van der Waals surface area contributed by atoms with E-state index in [4.69, 9.17) is 5.26 Å². The molecule has 3 nitrogen and oxygen atoms in total. The van der Waals surface area contributed by atoms with Crippen LogP contribution in [0.15, 0.2) is 24.4 Å². The fourth-order valence-corrected chi connectivity index (χ4v) is 1.89. The van der Waals surface area contributed by atoms with Crippen molar-refractivity contribution in [2.45, 2.75) is 25.4 Å². The van der Waals surface area contributed by atoms with Crippen molar-refractivity contribution in [3.8, 4) is 6.07 Å². The molecule has 1 aliphatic rings. The van der Waals surface area contributed by atoms with Crippen molar-refractivity contribution in [2.24, 2.45) is 7.05 Å². The normalized spacial score (nSPS) is 15.7. The van der Waals surface area contributed by atoms with Crippen LogP contribution in [0, 0.1) is 11.3 Å². The third-order valence-corrected chi connectivity index (χ3v) is 2.78. The molecular formula is C12H15N3. The summed E-state index contributed by atoms with van der Waals surface area (Å²) in [6.07, 6.45) is 8.68. The molecule has 0 aliphatic heterocycles. The van der Waals surface area contributed by atoms with E-state index in [1.807, 2.05) is 23.9 Å². The molecule has 0 atom stereocenters. The van der Waals surface area contributed by atoms with E-state index in [2.05, 4.69) is 23.5 Å². The first-order valence-electron chi connectivity index (χ1n) is 5.23. The number of hydrogen-bond donors (Lipinski definition) is 1. The summed E-state index contributed by atoms with van der Waals surface area (Å²) in [5.41, 5.74) is 1.90. The number of nitriles is 1. The molecule has 0 aromatic carbocycles. The van der Waals surface area contributed by atoms with E-state index in [0.29, 0.717) is 6.04 Å². The van der Waals surface area contributed by atoms with Crippen molar-refractivity contribution in [1.29, 1.82) is 5.26 Å². The van der Waals surface area contributed by atoms with Gasteiger partial charge >= 0.3 is 0 Å². The van der Waals surface area contributed by atoms with Gasteiger partial charge in [0.05, 0.1) is 0 Å². The predicted molar refractivity (Wildman–Crippen MR) is 59.1 cm³/mol. The van der Waals surface area contributed by atoms with Gasteiger partial charge in [-0.05, 0) is 24.5 Å². The fourth-order valence-electron chi connectivity index (χ4n) is 1.89. The van der Waals surface area contributed by atoms with Crippen LogP contribution in [-0.2, 0) is 13.6 Å². The van der Waals surface area contributed by atoms with Gasteiger partial charge in [0.1, 0.15) is 11.8 Å². The highest BCUT2D eigenvalue weighted by Gasteiger charge is 2.09. The molecule has 1 aromatic rings. The average Bonchev–Trinajstić information content (AvgIpc) is 2.83. The summed E-state index contributed by atoms with van der Waals surface area (Å²) in [4.78, 5) is 0. The van der Waals surface area contributed by atoms with E-state index in [0.717, 1.165) is 25.1 Å². The molecule has 0 radical (unpaired) electrons. The molecular weight excluding hydrogens is 186 g/mol. The topological polar surface area (TPSA) is 40.8 Å². The van der Waals surface area contributed by atoms with Gasteiger partial charge in [0.25, 0.3) is 0 Å². The van der Waals surface area contributed by atoms with Crippen LogP contribution in [0.4, 0.5) is 0 Å². The Morgan fingerprint density at radius 1 is 1.53 bits per heavy atom. The van der Waals surface area contributed by atoms with Crippen LogP contribution >= 0.6 is 0 Å². The molecule has 2 rings (SSSR count). The molecule has 0 spiro atoms. The Balaban J connectivity index is 1.91. The summed E-state index contributed by atoms with van der Waals surface area (Å²) in [5.74, 6) is 0. The maximum Gasteiger partial charge on any atom is 0.120 e. The minimum absolute atomic E-state index is 0.579. The first-order chi connectivity index (χ1) is 7.29. The molecule has 0 saturated heterocycles. The van der Waals surface area contributed by atoms with Gasteiger partial charge in [0, 0.05) is 25.8 Å². The standard InChI is InChI=1S/C12H15N3/c1-15-9-10(6-12(15)7-13)8-14-11-4-2-3-5-11/h2-3,6,9,11,14H,4-5,8H2,1H3.